The fourth-order valence-corrected chi connectivity index (χ4v) is 1.51. The van der Waals surface area contributed by atoms with Crippen LogP contribution in [0.3, 0.4) is 0 Å². The van der Waals surface area contributed by atoms with E-state index in [1.165, 1.54) is 0 Å². The molecule has 0 aliphatic carbocycles. The lowest BCUT2D eigenvalue weighted by Gasteiger charge is -2.35. The molecule has 0 saturated carbocycles. The first-order chi connectivity index (χ1) is 6.08. The molecule has 1 heterocycles. The summed E-state index contributed by atoms with van der Waals surface area (Å²) in [6, 6.07) is 0.368. The molecule has 0 bridgehead atoms. The molecule has 0 aromatic rings. The predicted molar refractivity (Wildman–Crippen MR) is 55.7 cm³/mol. The van der Waals surface area contributed by atoms with Gasteiger partial charge in [0.15, 0.2) is 5.96 Å². The molecule has 0 aromatic carbocycles. The molecule has 0 spiro atoms. The highest BCUT2D eigenvalue weighted by Crippen LogP contribution is 2.12. The second kappa shape index (κ2) is 4.46. The summed E-state index contributed by atoms with van der Waals surface area (Å²) in [5, 5.41) is 3.07. The fraction of sp³-hybridized carbons (Fsp3) is 0.889. The Morgan fingerprint density at radius 2 is 2.23 bits per heavy atom. The Bertz CT molecular complexity index is 182. The van der Waals surface area contributed by atoms with E-state index in [1.807, 2.05) is 0 Å². The number of aliphatic imine (C=N–C) groups is 1. The minimum absolute atomic E-state index is 0.368. The number of hydrogen-bond donors (Lipinski definition) is 2. The molecule has 0 unspecified atom stereocenters. The van der Waals surface area contributed by atoms with Crippen molar-refractivity contribution >= 4 is 5.96 Å². The smallest absolute Gasteiger partial charge is 0.188 e. The first kappa shape index (κ1) is 10.3. The summed E-state index contributed by atoms with van der Waals surface area (Å²) in [7, 11) is 2.12. The maximum atomic E-state index is 5.66. The van der Waals surface area contributed by atoms with Crippen LogP contribution in [0.15, 0.2) is 4.99 Å². The minimum Gasteiger partial charge on any atom is -0.370 e. The van der Waals surface area contributed by atoms with Crippen LogP contribution in [0.4, 0.5) is 0 Å². The van der Waals surface area contributed by atoms with Crippen LogP contribution in [-0.4, -0.2) is 43.6 Å². The van der Waals surface area contributed by atoms with Crippen LogP contribution in [-0.2, 0) is 0 Å². The van der Waals surface area contributed by atoms with Crippen molar-refractivity contribution in [2.75, 3.05) is 26.7 Å². The quantitative estimate of drug-likeness (QED) is 0.474. The van der Waals surface area contributed by atoms with E-state index in [0.717, 1.165) is 19.6 Å². The third-order valence-corrected chi connectivity index (χ3v) is 2.10. The van der Waals surface area contributed by atoms with E-state index in [-0.39, 0.29) is 0 Å². The first-order valence-corrected chi connectivity index (χ1v) is 4.83. The molecule has 1 aliphatic rings. The van der Waals surface area contributed by atoms with Crippen LogP contribution in [0, 0.1) is 5.92 Å². The van der Waals surface area contributed by atoms with Crippen molar-refractivity contribution in [2.24, 2.45) is 16.6 Å². The Kier molecular flexibility index (Phi) is 3.54. The number of rotatable bonds is 3. The highest BCUT2D eigenvalue weighted by atomic mass is 15.2. The van der Waals surface area contributed by atoms with Gasteiger partial charge in [-0.15, -0.1) is 0 Å². The normalized spacial score (nSPS) is 20.5. The topological polar surface area (TPSA) is 53.6 Å². The molecular formula is C9H20N4. The van der Waals surface area contributed by atoms with E-state index in [2.05, 4.69) is 36.1 Å². The number of nitrogens with zero attached hydrogens (tertiary/aromatic N) is 2. The van der Waals surface area contributed by atoms with Gasteiger partial charge in [0.1, 0.15) is 0 Å². The third kappa shape index (κ3) is 3.63. The van der Waals surface area contributed by atoms with E-state index >= 15 is 0 Å². The van der Waals surface area contributed by atoms with Gasteiger partial charge in [-0.05, 0) is 20.9 Å². The lowest BCUT2D eigenvalue weighted by atomic mass is 10.0. The van der Waals surface area contributed by atoms with Crippen molar-refractivity contribution in [3.8, 4) is 0 Å². The molecule has 0 radical (unpaired) electrons. The van der Waals surface area contributed by atoms with E-state index in [4.69, 9.17) is 5.73 Å². The minimum atomic E-state index is 0.368. The largest absolute Gasteiger partial charge is 0.370 e. The predicted octanol–water partition coefficient (Wildman–Crippen LogP) is -0.139. The number of guanidine groups is 1. The van der Waals surface area contributed by atoms with Crippen molar-refractivity contribution in [2.45, 2.75) is 19.9 Å². The van der Waals surface area contributed by atoms with Crippen LogP contribution in [0.1, 0.15) is 13.8 Å². The Hall–Kier alpha value is -0.770. The Balaban J connectivity index is 2.15. The van der Waals surface area contributed by atoms with Gasteiger partial charge in [-0.3, -0.25) is 4.99 Å². The molecule has 1 aliphatic heterocycles. The SMILES string of the molecule is CC(C)NC(N)=NCC1CN(C)C1. The van der Waals surface area contributed by atoms with Gasteiger partial charge < -0.3 is 16.0 Å². The van der Waals surface area contributed by atoms with Crippen LogP contribution >= 0.6 is 0 Å². The summed E-state index contributed by atoms with van der Waals surface area (Å²) in [5.41, 5.74) is 5.66. The van der Waals surface area contributed by atoms with Gasteiger partial charge in [0, 0.05) is 31.6 Å². The Labute approximate surface area is 80.2 Å². The lowest BCUT2D eigenvalue weighted by molar-refractivity contribution is 0.141. The average Bonchev–Trinajstić information content (AvgIpc) is 1.94. The van der Waals surface area contributed by atoms with E-state index in [1.54, 1.807) is 0 Å². The molecule has 1 fully saturated rings. The van der Waals surface area contributed by atoms with Gasteiger partial charge in [0.05, 0.1) is 0 Å². The average molecular weight is 184 g/mol. The molecule has 3 N–H and O–H groups in total. The second-order valence-corrected chi connectivity index (χ2v) is 4.11. The number of nitrogens with one attached hydrogen (secondary N) is 1. The third-order valence-electron chi connectivity index (χ3n) is 2.10. The molecule has 4 heteroatoms. The van der Waals surface area contributed by atoms with Crippen molar-refractivity contribution in [1.82, 2.24) is 10.2 Å². The monoisotopic (exact) mass is 184 g/mol. The highest BCUT2D eigenvalue weighted by Gasteiger charge is 2.22. The first-order valence-electron chi connectivity index (χ1n) is 4.83. The zero-order valence-electron chi connectivity index (χ0n) is 8.75. The van der Waals surface area contributed by atoms with Crippen LogP contribution < -0.4 is 11.1 Å². The Morgan fingerprint density at radius 3 is 2.69 bits per heavy atom. The number of likely N-dealkylation sites (tertiary alicyclic amines) is 1. The molecule has 4 nitrogen and oxygen atoms in total. The molecule has 1 rings (SSSR count). The number of nitrogens with two attached hydrogens (primary N) is 1. The molecule has 13 heavy (non-hydrogen) atoms. The molecule has 76 valence electrons. The molecular weight excluding hydrogens is 164 g/mol. The zero-order chi connectivity index (χ0) is 9.84. The summed E-state index contributed by atoms with van der Waals surface area (Å²) < 4.78 is 0. The van der Waals surface area contributed by atoms with Crippen molar-refractivity contribution in [1.29, 1.82) is 0 Å². The van der Waals surface area contributed by atoms with Crippen LogP contribution in [0.2, 0.25) is 0 Å². The van der Waals surface area contributed by atoms with Gasteiger partial charge in [0.2, 0.25) is 0 Å². The maximum absolute atomic E-state index is 5.66. The molecule has 0 aromatic heterocycles. The second-order valence-electron chi connectivity index (χ2n) is 4.11. The van der Waals surface area contributed by atoms with E-state index in [0.29, 0.717) is 17.9 Å². The molecule has 0 atom stereocenters. The van der Waals surface area contributed by atoms with E-state index in [9.17, 15) is 0 Å². The van der Waals surface area contributed by atoms with Gasteiger partial charge in [-0.25, -0.2) is 0 Å². The zero-order valence-corrected chi connectivity index (χ0v) is 8.75. The maximum Gasteiger partial charge on any atom is 0.188 e. The van der Waals surface area contributed by atoms with Crippen LogP contribution in [0.25, 0.3) is 0 Å². The molecule has 0 amide bonds. The van der Waals surface area contributed by atoms with Crippen molar-refractivity contribution in [3.05, 3.63) is 0 Å². The summed E-state index contributed by atoms with van der Waals surface area (Å²) in [4.78, 5) is 6.56. The summed E-state index contributed by atoms with van der Waals surface area (Å²) >= 11 is 0. The van der Waals surface area contributed by atoms with Crippen molar-refractivity contribution < 1.29 is 0 Å². The van der Waals surface area contributed by atoms with Crippen LogP contribution in [0.5, 0.6) is 0 Å². The van der Waals surface area contributed by atoms with Gasteiger partial charge in [-0.2, -0.15) is 0 Å². The summed E-state index contributed by atoms with van der Waals surface area (Å²) in [5.74, 6) is 1.28. The molecule has 1 saturated heterocycles. The highest BCUT2D eigenvalue weighted by molar-refractivity contribution is 5.78. The standard InChI is InChI=1S/C9H20N4/c1-7(2)12-9(10)11-4-8-5-13(3)6-8/h7-8H,4-6H2,1-3H3,(H3,10,11,12). The van der Waals surface area contributed by atoms with Gasteiger partial charge >= 0.3 is 0 Å². The fourth-order valence-electron chi connectivity index (χ4n) is 1.51. The Morgan fingerprint density at radius 1 is 1.62 bits per heavy atom. The van der Waals surface area contributed by atoms with E-state index < -0.39 is 0 Å². The van der Waals surface area contributed by atoms with Gasteiger partial charge in [0.25, 0.3) is 0 Å². The van der Waals surface area contributed by atoms with Crippen molar-refractivity contribution in [3.63, 3.8) is 0 Å². The summed E-state index contributed by atoms with van der Waals surface area (Å²) in [6.45, 7) is 7.27. The number of hydrogen-bond acceptors (Lipinski definition) is 2. The lowest BCUT2D eigenvalue weighted by Crippen LogP contribution is -2.46. The summed E-state index contributed by atoms with van der Waals surface area (Å²) in [6.07, 6.45) is 0. The van der Waals surface area contributed by atoms with Gasteiger partial charge in [-0.1, -0.05) is 0 Å².